The summed E-state index contributed by atoms with van der Waals surface area (Å²) in [5, 5.41) is 0.764. The van der Waals surface area contributed by atoms with Gasteiger partial charge < -0.3 is 0 Å². The van der Waals surface area contributed by atoms with Crippen molar-refractivity contribution in [2.45, 2.75) is 39.2 Å². The van der Waals surface area contributed by atoms with Crippen molar-refractivity contribution in [3.63, 3.8) is 0 Å². The average Bonchev–Trinajstić information content (AvgIpc) is 2.44. The van der Waals surface area contributed by atoms with Crippen LogP contribution in [0, 0.1) is 6.92 Å². The van der Waals surface area contributed by atoms with E-state index in [1.54, 1.807) is 0 Å². The third kappa shape index (κ3) is 3.46. The Morgan fingerprint density at radius 1 is 1.05 bits per heavy atom. The standard InChI is InChI=1S/C18H23ClN2/c1-12-6-5-7-15(16(12)19)17(21-20)13-8-10-14(11-9-13)18(2,3)4/h5-11,17,21H,20H2,1-4H3. The lowest BCUT2D eigenvalue weighted by molar-refractivity contribution is 0.588. The molecule has 0 heterocycles. The Bertz CT molecular complexity index is 612. The molecule has 0 saturated carbocycles. The Kier molecular flexibility index (Phi) is 4.72. The third-order valence-corrected chi connectivity index (χ3v) is 4.33. The van der Waals surface area contributed by atoms with Crippen LogP contribution in [-0.4, -0.2) is 0 Å². The SMILES string of the molecule is Cc1cccc(C(NN)c2ccc(C(C)(C)C)cc2)c1Cl. The molecule has 1 atom stereocenters. The van der Waals surface area contributed by atoms with Gasteiger partial charge in [0.25, 0.3) is 0 Å². The molecule has 0 aliphatic carbocycles. The molecule has 3 heteroatoms. The molecule has 2 rings (SSSR count). The average molecular weight is 303 g/mol. The molecular weight excluding hydrogens is 280 g/mol. The minimum atomic E-state index is -0.105. The number of rotatable bonds is 3. The number of hydrazine groups is 1. The zero-order valence-corrected chi connectivity index (χ0v) is 13.8. The van der Waals surface area contributed by atoms with E-state index in [4.69, 9.17) is 17.4 Å². The van der Waals surface area contributed by atoms with Crippen LogP contribution in [0.1, 0.15) is 49.1 Å². The molecule has 21 heavy (non-hydrogen) atoms. The second-order valence-electron chi connectivity index (χ2n) is 6.45. The Labute approximate surface area is 132 Å². The monoisotopic (exact) mass is 302 g/mol. The Hall–Kier alpha value is -1.35. The van der Waals surface area contributed by atoms with Gasteiger partial charge in [-0.05, 0) is 34.6 Å². The van der Waals surface area contributed by atoms with Crippen LogP contribution in [0.5, 0.6) is 0 Å². The van der Waals surface area contributed by atoms with E-state index >= 15 is 0 Å². The smallest absolute Gasteiger partial charge is 0.0724 e. The zero-order chi connectivity index (χ0) is 15.6. The molecule has 0 fully saturated rings. The van der Waals surface area contributed by atoms with E-state index in [1.165, 1.54) is 5.56 Å². The molecule has 2 aromatic rings. The number of nitrogens with one attached hydrogen (secondary N) is 1. The second kappa shape index (κ2) is 6.18. The van der Waals surface area contributed by atoms with Crippen molar-refractivity contribution in [2.24, 2.45) is 5.84 Å². The lowest BCUT2D eigenvalue weighted by atomic mass is 9.86. The van der Waals surface area contributed by atoms with Crippen molar-refractivity contribution < 1.29 is 0 Å². The fourth-order valence-electron chi connectivity index (χ4n) is 2.43. The largest absolute Gasteiger partial charge is 0.271 e. The van der Waals surface area contributed by atoms with Gasteiger partial charge in [0, 0.05) is 5.02 Å². The van der Waals surface area contributed by atoms with E-state index in [0.717, 1.165) is 21.7 Å². The summed E-state index contributed by atoms with van der Waals surface area (Å²) in [4.78, 5) is 0. The van der Waals surface area contributed by atoms with E-state index in [2.05, 4.69) is 50.5 Å². The molecule has 0 radical (unpaired) electrons. The number of aryl methyl sites for hydroxylation is 1. The maximum Gasteiger partial charge on any atom is 0.0724 e. The molecular formula is C18H23ClN2. The highest BCUT2D eigenvalue weighted by atomic mass is 35.5. The van der Waals surface area contributed by atoms with Crippen molar-refractivity contribution >= 4 is 11.6 Å². The highest BCUT2D eigenvalue weighted by molar-refractivity contribution is 6.32. The highest BCUT2D eigenvalue weighted by Crippen LogP contribution is 2.31. The van der Waals surface area contributed by atoms with Gasteiger partial charge in [0.1, 0.15) is 0 Å². The van der Waals surface area contributed by atoms with Crippen molar-refractivity contribution in [1.82, 2.24) is 5.43 Å². The molecule has 0 aliphatic rings. The zero-order valence-electron chi connectivity index (χ0n) is 13.1. The quantitative estimate of drug-likeness (QED) is 0.647. The van der Waals surface area contributed by atoms with Crippen LogP contribution < -0.4 is 11.3 Å². The first-order valence-electron chi connectivity index (χ1n) is 7.16. The highest BCUT2D eigenvalue weighted by Gasteiger charge is 2.18. The summed E-state index contributed by atoms with van der Waals surface area (Å²) in [6.45, 7) is 8.62. The molecule has 0 saturated heterocycles. The predicted molar refractivity (Wildman–Crippen MR) is 90.5 cm³/mol. The van der Waals surface area contributed by atoms with Crippen LogP contribution >= 0.6 is 11.6 Å². The van der Waals surface area contributed by atoms with Gasteiger partial charge in [-0.25, -0.2) is 5.43 Å². The van der Waals surface area contributed by atoms with Crippen LogP contribution in [0.25, 0.3) is 0 Å². The van der Waals surface area contributed by atoms with Gasteiger partial charge in [0.15, 0.2) is 0 Å². The van der Waals surface area contributed by atoms with Gasteiger partial charge in [-0.3, -0.25) is 5.84 Å². The number of hydrogen-bond donors (Lipinski definition) is 2. The van der Waals surface area contributed by atoms with Crippen LogP contribution in [0.4, 0.5) is 0 Å². The molecule has 112 valence electrons. The summed E-state index contributed by atoms with van der Waals surface area (Å²) in [5.74, 6) is 5.77. The second-order valence-corrected chi connectivity index (χ2v) is 6.83. The summed E-state index contributed by atoms with van der Waals surface area (Å²) >= 11 is 6.42. The fraction of sp³-hybridized carbons (Fsp3) is 0.333. The van der Waals surface area contributed by atoms with Crippen LogP contribution in [-0.2, 0) is 5.41 Å². The maximum absolute atomic E-state index is 6.42. The van der Waals surface area contributed by atoms with Gasteiger partial charge in [-0.15, -0.1) is 0 Å². The molecule has 3 N–H and O–H groups in total. The summed E-state index contributed by atoms with van der Waals surface area (Å²) in [5.41, 5.74) is 7.49. The number of hydrogen-bond acceptors (Lipinski definition) is 2. The first kappa shape index (κ1) is 16.0. The molecule has 0 bridgehead atoms. The van der Waals surface area contributed by atoms with Gasteiger partial charge >= 0.3 is 0 Å². The third-order valence-electron chi connectivity index (χ3n) is 3.81. The number of benzene rings is 2. The van der Waals surface area contributed by atoms with Gasteiger partial charge in [-0.1, -0.05) is 74.8 Å². The molecule has 0 spiro atoms. The molecule has 2 nitrogen and oxygen atoms in total. The van der Waals surface area contributed by atoms with E-state index in [0.29, 0.717) is 0 Å². The first-order chi connectivity index (χ1) is 9.84. The van der Waals surface area contributed by atoms with Crippen molar-refractivity contribution in [2.75, 3.05) is 0 Å². The summed E-state index contributed by atoms with van der Waals surface area (Å²) in [6.07, 6.45) is 0. The van der Waals surface area contributed by atoms with Crippen molar-refractivity contribution in [1.29, 1.82) is 0 Å². The molecule has 0 aliphatic heterocycles. The Morgan fingerprint density at radius 2 is 1.67 bits per heavy atom. The van der Waals surface area contributed by atoms with E-state index in [9.17, 15) is 0 Å². The van der Waals surface area contributed by atoms with Gasteiger partial charge in [0.05, 0.1) is 6.04 Å². The normalized spacial score (nSPS) is 13.2. The van der Waals surface area contributed by atoms with Crippen LogP contribution in [0.15, 0.2) is 42.5 Å². The fourth-order valence-corrected chi connectivity index (χ4v) is 2.67. The summed E-state index contributed by atoms with van der Waals surface area (Å²) < 4.78 is 0. The van der Waals surface area contributed by atoms with E-state index in [-0.39, 0.29) is 11.5 Å². The first-order valence-corrected chi connectivity index (χ1v) is 7.54. The molecule has 0 aromatic heterocycles. The summed E-state index contributed by atoms with van der Waals surface area (Å²) in [7, 11) is 0. The van der Waals surface area contributed by atoms with Crippen molar-refractivity contribution in [3.05, 3.63) is 69.7 Å². The molecule has 1 unspecified atom stereocenters. The summed E-state index contributed by atoms with van der Waals surface area (Å²) in [6, 6.07) is 14.5. The van der Waals surface area contributed by atoms with E-state index < -0.39 is 0 Å². The van der Waals surface area contributed by atoms with Gasteiger partial charge in [-0.2, -0.15) is 0 Å². The number of nitrogens with two attached hydrogens (primary N) is 1. The number of halogens is 1. The van der Waals surface area contributed by atoms with Crippen LogP contribution in [0.2, 0.25) is 5.02 Å². The van der Waals surface area contributed by atoms with Gasteiger partial charge in [0.2, 0.25) is 0 Å². The molecule has 0 amide bonds. The lowest BCUT2D eigenvalue weighted by Crippen LogP contribution is -2.29. The predicted octanol–water partition coefficient (Wildman–Crippen LogP) is 4.50. The minimum Gasteiger partial charge on any atom is -0.271 e. The van der Waals surface area contributed by atoms with E-state index in [1.807, 2.05) is 25.1 Å². The minimum absolute atomic E-state index is 0.105. The topological polar surface area (TPSA) is 38.0 Å². The maximum atomic E-state index is 6.42. The Balaban J connectivity index is 2.40. The van der Waals surface area contributed by atoms with Crippen LogP contribution in [0.3, 0.4) is 0 Å². The molecule has 2 aromatic carbocycles. The Morgan fingerprint density at radius 3 is 2.19 bits per heavy atom. The van der Waals surface area contributed by atoms with Crippen molar-refractivity contribution in [3.8, 4) is 0 Å². The lowest BCUT2D eigenvalue weighted by Gasteiger charge is -2.22.